The highest BCUT2D eigenvalue weighted by molar-refractivity contribution is 7.89. The Bertz CT molecular complexity index is 634. The van der Waals surface area contributed by atoms with Crippen molar-refractivity contribution in [3.8, 4) is 11.8 Å². The second-order valence-corrected chi connectivity index (χ2v) is 7.24. The number of hydrogen-bond donors (Lipinski definition) is 2. The van der Waals surface area contributed by atoms with E-state index in [4.69, 9.17) is 5.11 Å². The molecular formula is C16H21NO3S. The van der Waals surface area contributed by atoms with Crippen molar-refractivity contribution in [1.29, 1.82) is 0 Å². The largest absolute Gasteiger partial charge is 0.395 e. The fourth-order valence-electron chi connectivity index (χ4n) is 2.10. The SMILES string of the molecule is CCC1(CNS(=O)(=O)c2ccc(C#CCCO)cc2)CC1. The molecule has 0 amide bonds. The number of hydrogen-bond acceptors (Lipinski definition) is 3. The lowest BCUT2D eigenvalue weighted by Crippen LogP contribution is -2.30. The normalized spacial score (nSPS) is 16.1. The van der Waals surface area contributed by atoms with Gasteiger partial charge in [0.2, 0.25) is 10.0 Å². The van der Waals surface area contributed by atoms with Crippen molar-refractivity contribution < 1.29 is 13.5 Å². The Morgan fingerprint density at radius 2 is 1.95 bits per heavy atom. The first-order valence-electron chi connectivity index (χ1n) is 7.21. The fraction of sp³-hybridized carbons (Fsp3) is 0.500. The molecule has 0 saturated heterocycles. The molecule has 0 atom stereocenters. The maximum Gasteiger partial charge on any atom is 0.240 e. The van der Waals surface area contributed by atoms with Crippen molar-refractivity contribution in [2.24, 2.45) is 5.41 Å². The van der Waals surface area contributed by atoms with E-state index in [1.54, 1.807) is 24.3 Å². The second-order valence-electron chi connectivity index (χ2n) is 5.48. The summed E-state index contributed by atoms with van der Waals surface area (Å²) < 4.78 is 27.1. The van der Waals surface area contributed by atoms with E-state index < -0.39 is 10.0 Å². The number of rotatable bonds is 6. The summed E-state index contributed by atoms with van der Waals surface area (Å²) in [7, 11) is -3.44. The number of nitrogens with one attached hydrogen (secondary N) is 1. The second kappa shape index (κ2) is 6.61. The van der Waals surface area contributed by atoms with Crippen molar-refractivity contribution in [1.82, 2.24) is 4.72 Å². The summed E-state index contributed by atoms with van der Waals surface area (Å²) in [4.78, 5) is 0.266. The average molecular weight is 307 g/mol. The van der Waals surface area contributed by atoms with Crippen LogP contribution in [0.4, 0.5) is 0 Å². The van der Waals surface area contributed by atoms with Crippen molar-refractivity contribution in [2.75, 3.05) is 13.2 Å². The van der Waals surface area contributed by atoms with Gasteiger partial charge in [0.25, 0.3) is 0 Å². The molecule has 114 valence electrons. The van der Waals surface area contributed by atoms with Gasteiger partial charge < -0.3 is 5.11 Å². The molecule has 0 aromatic heterocycles. The summed E-state index contributed by atoms with van der Waals surface area (Å²) in [6, 6.07) is 6.50. The molecule has 0 radical (unpaired) electrons. The highest BCUT2D eigenvalue weighted by atomic mass is 32.2. The van der Waals surface area contributed by atoms with Gasteiger partial charge in [-0.25, -0.2) is 13.1 Å². The first kappa shape index (κ1) is 16.0. The Kier molecular flexibility index (Phi) is 5.04. The third-order valence-electron chi connectivity index (χ3n) is 3.98. The number of sulfonamides is 1. The maximum atomic E-state index is 12.2. The Hall–Kier alpha value is -1.35. The van der Waals surface area contributed by atoms with E-state index >= 15 is 0 Å². The van der Waals surface area contributed by atoms with Gasteiger partial charge in [-0.1, -0.05) is 18.8 Å². The summed E-state index contributed by atoms with van der Waals surface area (Å²) in [5.74, 6) is 5.68. The third kappa shape index (κ3) is 4.31. The smallest absolute Gasteiger partial charge is 0.240 e. The standard InChI is InChI=1S/C16H21NO3S/c1-2-16(10-11-16)13-17-21(19,20)15-8-6-14(7-9-15)5-3-4-12-18/h6-9,17-18H,2,4,10-13H2,1H3. The van der Waals surface area contributed by atoms with Crippen LogP contribution in [0.1, 0.15) is 38.2 Å². The van der Waals surface area contributed by atoms with Gasteiger partial charge in [0.05, 0.1) is 11.5 Å². The van der Waals surface area contributed by atoms with Crippen LogP contribution >= 0.6 is 0 Å². The predicted molar refractivity (Wildman–Crippen MR) is 82.2 cm³/mol. The lowest BCUT2D eigenvalue weighted by atomic mass is 10.1. The van der Waals surface area contributed by atoms with Gasteiger partial charge in [0, 0.05) is 18.5 Å². The molecule has 1 saturated carbocycles. The van der Waals surface area contributed by atoms with E-state index in [-0.39, 0.29) is 16.9 Å². The first-order valence-corrected chi connectivity index (χ1v) is 8.69. The van der Waals surface area contributed by atoms with E-state index in [0.717, 1.165) is 24.8 Å². The van der Waals surface area contributed by atoms with E-state index in [0.29, 0.717) is 13.0 Å². The van der Waals surface area contributed by atoms with Gasteiger partial charge in [-0.3, -0.25) is 0 Å². The number of aliphatic hydroxyl groups excluding tert-OH is 1. The Morgan fingerprint density at radius 3 is 2.48 bits per heavy atom. The van der Waals surface area contributed by atoms with E-state index in [1.807, 2.05) is 0 Å². The summed E-state index contributed by atoms with van der Waals surface area (Å²) in [6.07, 6.45) is 3.63. The summed E-state index contributed by atoms with van der Waals surface area (Å²) >= 11 is 0. The monoisotopic (exact) mass is 307 g/mol. The van der Waals surface area contributed by atoms with Gasteiger partial charge in [-0.2, -0.15) is 0 Å². The van der Waals surface area contributed by atoms with Crippen molar-refractivity contribution >= 4 is 10.0 Å². The minimum Gasteiger partial charge on any atom is -0.395 e. The van der Waals surface area contributed by atoms with Crippen LogP contribution in [0.2, 0.25) is 0 Å². The van der Waals surface area contributed by atoms with Gasteiger partial charge in [-0.15, -0.1) is 0 Å². The minimum absolute atomic E-state index is 0.0303. The van der Waals surface area contributed by atoms with Crippen LogP contribution in [-0.4, -0.2) is 26.7 Å². The molecular weight excluding hydrogens is 286 g/mol. The zero-order valence-corrected chi connectivity index (χ0v) is 13.0. The Labute approximate surface area is 126 Å². The van der Waals surface area contributed by atoms with Crippen LogP contribution in [-0.2, 0) is 10.0 Å². The molecule has 1 aliphatic carbocycles. The lowest BCUT2D eigenvalue weighted by molar-refractivity contribution is 0.305. The maximum absolute atomic E-state index is 12.2. The fourth-order valence-corrected chi connectivity index (χ4v) is 3.26. The molecule has 0 spiro atoms. The van der Waals surface area contributed by atoms with E-state index in [2.05, 4.69) is 23.5 Å². The van der Waals surface area contributed by atoms with E-state index in [1.165, 1.54) is 0 Å². The van der Waals surface area contributed by atoms with Crippen molar-refractivity contribution in [2.45, 2.75) is 37.5 Å². The Morgan fingerprint density at radius 1 is 1.29 bits per heavy atom. The molecule has 2 N–H and O–H groups in total. The van der Waals surface area contributed by atoms with Crippen molar-refractivity contribution in [3.63, 3.8) is 0 Å². The molecule has 0 aliphatic heterocycles. The predicted octanol–water partition coefficient (Wildman–Crippen LogP) is 1.89. The van der Waals surface area contributed by atoms with Gasteiger partial charge >= 0.3 is 0 Å². The zero-order chi connectivity index (χ0) is 15.3. The van der Waals surface area contributed by atoms with Crippen LogP contribution in [0, 0.1) is 17.3 Å². The zero-order valence-electron chi connectivity index (χ0n) is 12.2. The minimum atomic E-state index is -3.44. The molecule has 21 heavy (non-hydrogen) atoms. The summed E-state index contributed by atoms with van der Waals surface area (Å²) in [5.41, 5.74) is 0.928. The molecule has 1 fully saturated rings. The van der Waals surface area contributed by atoms with Gasteiger partial charge in [0.15, 0.2) is 0 Å². The molecule has 0 unspecified atom stereocenters. The topological polar surface area (TPSA) is 66.4 Å². The molecule has 4 nitrogen and oxygen atoms in total. The first-order chi connectivity index (χ1) is 10.0. The molecule has 1 aliphatic rings. The lowest BCUT2D eigenvalue weighted by Gasteiger charge is -2.13. The third-order valence-corrected chi connectivity index (χ3v) is 5.40. The average Bonchev–Trinajstić information content (AvgIpc) is 3.27. The molecule has 0 heterocycles. The summed E-state index contributed by atoms with van der Waals surface area (Å²) in [5, 5.41) is 8.66. The molecule has 1 aromatic carbocycles. The highest BCUT2D eigenvalue weighted by Gasteiger charge is 2.41. The van der Waals surface area contributed by atoms with Gasteiger partial charge in [-0.05, 0) is 48.9 Å². The van der Waals surface area contributed by atoms with Crippen LogP contribution in [0.3, 0.4) is 0 Å². The van der Waals surface area contributed by atoms with E-state index in [9.17, 15) is 8.42 Å². The Balaban J connectivity index is 2.02. The number of aliphatic hydroxyl groups is 1. The van der Waals surface area contributed by atoms with Crippen LogP contribution in [0.25, 0.3) is 0 Å². The summed E-state index contributed by atoms with van der Waals surface area (Å²) in [6.45, 7) is 2.65. The van der Waals surface area contributed by atoms with Crippen molar-refractivity contribution in [3.05, 3.63) is 29.8 Å². The molecule has 0 bridgehead atoms. The molecule has 2 rings (SSSR count). The highest BCUT2D eigenvalue weighted by Crippen LogP contribution is 2.48. The quantitative estimate of drug-likeness (QED) is 0.789. The van der Waals surface area contributed by atoms with Gasteiger partial charge in [0.1, 0.15) is 0 Å². The molecule has 1 aromatic rings. The van der Waals surface area contributed by atoms with Crippen LogP contribution in [0.15, 0.2) is 29.2 Å². The number of benzene rings is 1. The van der Waals surface area contributed by atoms with Crippen LogP contribution < -0.4 is 4.72 Å². The molecule has 5 heteroatoms. The van der Waals surface area contributed by atoms with Crippen LogP contribution in [0.5, 0.6) is 0 Å².